The summed E-state index contributed by atoms with van der Waals surface area (Å²) in [6.07, 6.45) is 13.4. The van der Waals surface area contributed by atoms with Gasteiger partial charge in [0.05, 0.1) is 19.5 Å². The third-order valence-electron chi connectivity index (χ3n) is 10.5. The summed E-state index contributed by atoms with van der Waals surface area (Å²) in [6.45, 7) is 19.1. The third-order valence-corrected chi connectivity index (χ3v) is 10.5. The van der Waals surface area contributed by atoms with Crippen LogP contribution in [0.2, 0.25) is 0 Å². The number of phenols is 2. The second-order valence-corrected chi connectivity index (χ2v) is 16.2. The predicted molar refractivity (Wildman–Crippen MR) is 211 cm³/mol. The fourth-order valence-corrected chi connectivity index (χ4v) is 7.77. The van der Waals surface area contributed by atoms with Crippen molar-refractivity contribution >= 4 is 11.9 Å². The molecule has 1 fully saturated rings. The number of esters is 1. The van der Waals surface area contributed by atoms with Crippen LogP contribution in [0.4, 0.5) is 0 Å². The first-order valence-electron chi connectivity index (χ1n) is 20.3. The van der Waals surface area contributed by atoms with E-state index in [9.17, 15) is 19.8 Å². The molecule has 0 radical (unpaired) electrons. The van der Waals surface area contributed by atoms with Gasteiger partial charge in [-0.2, -0.15) is 0 Å². The van der Waals surface area contributed by atoms with Gasteiger partial charge in [0.25, 0.3) is 0 Å². The minimum Gasteiger partial charge on any atom is -0.507 e. The standard InChI is InChI=1S/C44H70N2O6/c1-9-13-17-35-27-33(28-36(41(35)49)18-14-10-2)21-23-39(47)51-26-25-46-43(5,6)31-45(32-44(46,7)8)52-40(48)24-22-34-29-37(19-15-11-3)42(50)38(30-34)20-16-12-4/h27-30,49-50H,9-26,31-32H2,1-8H3. The number of aryl methyl sites for hydroxylation is 6. The number of unbranched alkanes of at least 4 members (excludes halogenated alkanes) is 4. The molecular formula is C44H70N2O6. The first-order valence-corrected chi connectivity index (χ1v) is 20.3. The molecule has 2 N–H and O–H groups in total. The zero-order valence-corrected chi connectivity index (χ0v) is 33.9. The second kappa shape index (κ2) is 21.0. The smallest absolute Gasteiger partial charge is 0.325 e. The van der Waals surface area contributed by atoms with Crippen molar-refractivity contribution in [2.24, 2.45) is 0 Å². The Morgan fingerprint density at radius 2 is 0.981 bits per heavy atom. The van der Waals surface area contributed by atoms with E-state index < -0.39 is 0 Å². The molecule has 292 valence electrons. The van der Waals surface area contributed by atoms with Crippen LogP contribution >= 0.6 is 0 Å². The molecule has 8 nitrogen and oxygen atoms in total. The highest BCUT2D eigenvalue weighted by molar-refractivity contribution is 5.70. The van der Waals surface area contributed by atoms with E-state index in [0.717, 1.165) is 110 Å². The Morgan fingerprint density at radius 1 is 0.615 bits per heavy atom. The van der Waals surface area contributed by atoms with E-state index in [0.29, 0.717) is 50.4 Å². The highest BCUT2D eigenvalue weighted by atomic mass is 16.7. The molecule has 0 bridgehead atoms. The lowest BCUT2D eigenvalue weighted by molar-refractivity contribution is -0.228. The molecule has 0 unspecified atom stereocenters. The maximum absolute atomic E-state index is 13.1. The largest absolute Gasteiger partial charge is 0.507 e. The van der Waals surface area contributed by atoms with Crippen molar-refractivity contribution in [3.63, 3.8) is 0 Å². The van der Waals surface area contributed by atoms with Gasteiger partial charge in [-0.25, -0.2) is 0 Å². The van der Waals surface area contributed by atoms with Gasteiger partial charge in [-0.3, -0.25) is 14.5 Å². The summed E-state index contributed by atoms with van der Waals surface area (Å²) in [5, 5.41) is 23.5. The summed E-state index contributed by atoms with van der Waals surface area (Å²) in [5.41, 5.74) is 5.42. The van der Waals surface area contributed by atoms with Gasteiger partial charge in [0, 0.05) is 24.0 Å². The number of carbonyl (C=O) groups excluding carboxylic acids is 2. The van der Waals surface area contributed by atoms with E-state index in [1.807, 2.05) is 0 Å². The van der Waals surface area contributed by atoms with Crippen molar-refractivity contribution in [3.8, 4) is 11.5 Å². The Bertz CT molecular complexity index is 1360. The van der Waals surface area contributed by atoms with Gasteiger partial charge < -0.3 is 19.8 Å². The number of benzene rings is 2. The van der Waals surface area contributed by atoms with Crippen LogP contribution in [-0.2, 0) is 57.7 Å². The molecule has 0 amide bonds. The Hall–Kier alpha value is -3.10. The lowest BCUT2D eigenvalue weighted by Gasteiger charge is -2.55. The van der Waals surface area contributed by atoms with Crippen LogP contribution in [0, 0.1) is 0 Å². The van der Waals surface area contributed by atoms with Gasteiger partial charge in [0.1, 0.15) is 18.1 Å². The molecule has 3 rings (SSSR count). The highest BCUT2D eigenvalue weighted by Gasteiger charge is 2.45. The normalized spacial score (nSPS) is 15.8. The lowest BCUT2D eigenvalue weighted by Crippen LogP contribution is -2.69. The summed E-state index contributed by atoms with van der Waals surface area (Å²) >= 11 is 0. The van der Waals surface area contributed by atoms with Gasteiger partial charge in [0.2, 0.25) is 0 Å². The number of ether oxygens (including phenoxy) is 1. The summed E-state index contributed by atoms with van der Waals surface area (Å²) in [6, 6.07) is 8.25. The first kappa shape index (κ1) is 43.3. The fraction of sp³-hybridized carbons (Fsp3) is 0.682. The minimum absolute atomic E-state index is 0.218. The summed E-state index contributed by atoms with van der Waals surface area (Å²) in [4.78, 5) is 34.3. The van der Waals surface area contributed by atoms with Crippen molar-refractivity contribution < 1.29 is 29.4 Å². The molecule has 1 aliphatic rings. The monoisotopic (exact) mass is 723 g/mol. The first-order chi connectivity index (χ1) is 24.7. The number of nitrogens with zero attached hydrogens (tertiary/aromatic N) is 2. The van der Waals surface area contributed by atoms with Crippen molar-refractivity contribution in [1.29, 1.82) is 0 Å². The average molecular weight is 723 g/mol. The van der Waals surface area contributed by atoms with Crippen molar-refractivity contribution in [2.45, 2.75) is 169 Å². The van der Waals surface area contributed by atoms with Crippen LogP contribution in [-0.4, -0.2) is 69.4 Å². The number of hydrogen-bond acceptors (Lipinski definition) is 8. The molecule has 1 aliphatic heterocycles. The molecule has 2 aromatic rings. The Kier molecular flexibility index (Phi) is 17.5. The minimum atomic E-state index is -0.330. The van der Waals surface area contributed by atoms with Crippen LogP contribution < -0.4 is 0 Å². The van der Waals surface area contributed by atoms with E-state index in [-0.39, 0.29) is 36.0 Å². The zero-order chi connectivity index (χ0) is 38.3. The molecule has 0 aliphatic carbocycles. The van der Waals surface area contributed by atoms with Crippen molar-refractivity contribution in [1.82, 2.24) is 9.96 Å². The summed E-state index contributed by atoms with van der Waals surface area (Å²) in [5.74, 6) is 0.378. The van der Waals surface area contributed by atoms with Crippen LogP contribution in [0.1, 0.15) is 153 Å². The van der Waals surface area contributed by atoms with E-state index in [1.165, 1.54) is 0 Å². The Balaban J connectivity index is 1.53. The van der Waals surface area contributed by atoms with Gasteiger partial charge >= 0.3 is 11.9 Å². The van der Waals surface area contributed by atoms with Crippen molar-refractivity contribution in [3.05, 3.63) is 57.6 Å². The number of hydrogen-bond donors (Lipinski definition) is 2. The number of carbonyl (C=O) groups is 2. The van der Waals surface area contributed by atoms with E-state index in [4.69, 9.17) is 9.57 Å². The number of rotatable bonds is 22. The van der Waals surface area contributed by atoms with Crippen LogP contribution in [0.3, 0.4) is 0 Å². The average Bonchev–Trinajstić information content (AvgIpc) is 3.09. The molecule has 0 saturated carbocycles. The van der Waals surface area contributed by atoms with Gasteiger partial charge in [-0.1, -0.05) is 77.6 Å². The fourth-order valence-electron chi connectivity index (χ4n) is 7.77. The number of phenolic OH excluding ortho intramolecular Hbond substituents is 2. The molecular weight excluding hydrogens is 652 g/mol. The number of aromatic hydroxyl groups is 2. The molecule has 1 saturated heterocycles. The van der Waals surface area contributed by atoms with Gasteiger partial charge in [0.15, 0.2) is 0 Å². The Morgan fingerprint density at radius 3 is 1.35 bits per heavy atom. The summed E-state index contributed by atoms with van der Waals surface area (Å²) in [7, 11) is 0. The van der Waals surface area contributed by atoms with Crippen LogP contribution in [0.25, 0.3) is 0 Å². The molecule has 2 aromatic carbocycles. The topological polar surface area (TPSA) is 99.5 Å². The maximum Gasteiger partial charge on any atom is 0.325 e. The third kappa shape index (κ3) is 13.1. The number of piperazine rings is 1. The van der Waals surface area contributed by atoms with Gasteiger partial charge in [-0.05, 0) is 125 Å². The van der Waals surface area contributed by atoms with Crippen molar-refractivity contribution in [2.75, 3.05) is 26.2 Å². The maximum atomic E-state index is 13.1. The Labute approximate surface area is 315 Å². The molecule has 1 heterocycles. The highest BCUT2D eigenvalue weighted by Crippen LogP contribution is 2.33. The SMILES string of the molecule is CCCCc1cc(CCC(=O)OCCN2C(C)(C)CN(OC(=O)CCc3cc(CCCC)c(O)c(CCCC)c3)CC2(C)C)cc(CCCC)c1O. The molecule has 0 spiro atoms. The lowest BCUT2D eigenvalue weighted by atomic mass is 9.88. The predicted octanol–water partition coefficient (Wildman–Crippen LogP) is 9.21. The van der Waals surface area contributed by atoms with Crippen LogP contribution in [0.5, 0.6) is 11.5 Å². The second-order valence-electron chi connectivity index (χ2n) is 16.2. The molecule has 0 atom stereocenters. The van der Waals surface area contributed by atoms with E-state index >= 15 is 0 Å². The quantitative estimate of drug-likeness (QED) is 0.116. The zero-order valence-electron chi connectivity index (χ0n) is 33.9. The molecule has 52 heavy (non-hydrogen) atoms. The van der Waals surface area contributed by atoms with E-state index in [2.05, 4.69) is 84.6 Å². The van der Waals surface area contributed by atoms with Gasteiger partial charge in [-0.15, -0.1) is 5.06 Å². The van der Waals surface area contributed by atoms with E-state index in [1.54, 1.807) is 5.06 Å². The molecule has 0 aromatic heterocycles. The van der Waals surface area contributed by atoms with Crippen LogP contribution in [0.15, 0.2) is 24.3 Å². The number of hydroxylamine groups is 2. The molecule has 8 heteroatoms. The summed E-state index contributed by atoms with van der Waals surface area (Å²) < 4.78 is 5.76.